The van der Waals surface area contributed by atoms with Crippen molar-refractivity contribution in [2.24, 2.45) is 12.0 Å². The van der Waals surface area contributed by atoms with Gasteiger partial charge in [-0.3, -0.25) is 4.90 Å². The van der Waals surface area contributed by atoms with Crippen LogP contribution >= 0.6 is 0 Å². The van der Waals surface area contributed by atoms with E-state index in [1.165, 1.54) is 5.56 Å². The van der Waals surface area contributed by atoms with Gasteiger partial charge in [0, 0.05) is 46.3 Å². The van der Waals surface area contributed by atoms with Gasteiger partial charge < -0.3 is 24.3 Å². The number of rotatable bonds is 9. The van der Waals surface area contributed by atoms with E-state index in [1.807, 2.05) is 24.6 Å². The molecule has 2 heterocycles. The van der Waals surface area contributed by atoms with Crippen LogP contribution in [0, 0.1) is 6.92 Å². The fourth-order valence-electron chi connectivity index (χ4n) is 3.73. The minimum absolute atomic E-state index is 0.525. The number of guanidine groups is 1. The highest BCUT2D eigenvalue weighted by molar-refractivity contribution is 5.80. The van der Waals surface area contributed by atoms with Crippen molar-refractivity contribution in [3.05, 3.63) is 35.4 Å². The molecule has 0 aliphatic carbocycles. The summed E-state index contributed by atoms with van der Waals surface area (Å²) in [6, 6.07) is 6.14. The topological polar surface area (TPSA) is 80.0 Å². The lowest BCUT2D eigenvalue weighted by atomic mass is 10.1. The van der Waals surface area contributed by atoms with Gasteiger partial charge in [-0.15, -0.1) is 10.2 Å². The molecule has 1 saturated heterocycles. The molecule has 1 aliphatic heterocycles. The maximum absolute atomic E-state index is 5.45. The third-order valence-electron chi connectivity index (χ3n) is 5.89. The maximum Gasteiger partial charge on any atom is 0.194 e. The molecule has 0 atom stereocenters. The van der Waals surface area contributed by atoms with Crippen LogP contribution in [0.4, 0.5) is 0 Å². The zero-order valence-corrected chi connectivity index (χ0v) is 20.1. The van der Waals surface area contributed by atoms with Crippen molar-refractivity contribution in [2.75, 3.05) is 46.9 Å². The maximum atomic E-state index is 5.45. The van der Waals surface area contributed by atoms with Crippen molar-refractivity contribution in [3.63, 3.8) is 0 Å². The van der Waals surface area contributed by atoms with E-state index in [4.69, 9.17) is 14.5 Å². The van der Waals surface area contributed by atoms with E-state index >= 15 is 0 Å². The number of benzene rings is 1. The summed E-state index contributed by atoms with van der Waals surface area (Å²) in [5, 5.41) is 11.9. The van der Waals surface area contributed by atoms with E-state index in [2.05, 4.69) is 44.4 Å². The molecule has 1 aromatic heterocycles. The standard InChI is InChI=1S/C23H37N7O2/c1-6-7-10-24-23(25-16-22-27-26-18(2)28(22)3)30-13-11-29(12-14-30)17-19-8-9-20(31-4)21(15-19)32-5/h8-9,15H,6-7,10-14,16-17H2,1-5H3,(H,24,25). The molecule has 0 amide bonds. The molecule has 2 aromatic rings. The van der Waals surface area contributed by atoms with Crippen LogP contribution in [0.2, 0.25) is 0 Å². The molecule has 9 heteroatoms. The molecule has 9 nitrogen and oxygen atoms in total. The zero-order valence-electron chi connectivity index (χ0n) is 20.1. The molecule has 1 aromatic carbocycles. The van der Waals surface area contributed by atoms with Crippen LogP contribution in [0.1, 0.15) is 37.0 Å². The summed E-state index contributed by atoms with van der Waals surface area (Å²) < 4.78 is 12.8. The van der Waals surface area contributed by atoms with Crippen molar-refractivity contribution in [3.8, 4) is 11.5 Å². The third-order valence-corrected chi connectivity index (χ3v) is 5.89. The summed E-state index contributed by atoms with van der Waals surface area (Å²) in [6.07, 6.45) is 2.28. The summed E-state index contributed by atoms with van der Waals surface area (Å²) in [7, 11) is 5.32. The van der Waals surface area contributed by atoms with Crippen molar-refractivity contribution >= 4 is 5.96 Å². The number of hydrogen-bond donors (Lipinski definition) is 1. The number of piperazine rings is 1. The number of nitrogens with zero attached hydrogens (tertiary/aromatic N) is 6. The van der Waals surface area contributed by atoms with Gasteiger partial charge in [-0.1, -0.05) is 19.4 Å². The molecule has 1 N–H and O–H groups in total. The summed E-state index contributed by atoms with van der Waals surface area (Å²) in [6.45, 7) is 10.3. The second kappa shape index (κ2) is 11.7. The number of aliphatic imine (C=N–C) groups is 1. The molecule has 1 fully saturated rings. The number of aromatic nitrogens is 3. The van der Waals surface area contributed by atoms with Crippen LogP contribution in [-0.4, -0.2) is 77.5 Å². The molecule has 0 bridgehead atoms. The molecule has 176 valence electrons. The van der Waals surface area contributed by atoms with Crippen molar-refractivity contribution in [1.82, 2.24) is 29.9 Å². The normalized spacial score (nSPS) is 15.2. The van der Waals surface area contributed by atoms with Crippen molar-refractivity contribution in [1.29, 1.82) is 0 Å². The fraction of sp³-hybridized carbons (Fsp3) is 0.609. The van der Waals surface area contributed by atoms with Crippen molar-refractivity contribution < 1.29 is 9.47 Å². The van der Waals surface area contributed by atoms with Gasteiger partial charge in [0.2, 0.25) is 0 Å². The van der Waals surface area contributed by atoms with Crippen LogP contribution in [0.25, 0.3) is 0 Å². The molecular weight excluding hydrogens is 406 g/mol. The number of aryl methyl sites for hydroxylation is 1. The Morgan fingerprint density at radius 1 is 1.09 bits per heavy atom. The van der Waals surface area contributed by atoms with Crippen molar-refractivity contribution in [2.45, 2.75) is 39.8 Å². The summed E-state index contributed by atoms with van der Waals surface area (Å²) in [5.41, 5.74) is 1.23. The molecule has 0 radical (unpaired) electrons. The van der Waals surface area contributed by atoms with Gasteiger partial charge in [0.15, 0.2) is 23.3 Å². The predicted molar refractivity (Wildman–Crippen MR) is 126 cm³/mol. The summed E-state index contributed by atoms with van der Waals surface area (Å²) in [4.78, 5) is 9.69. The number of nitrogens with one attached hydrogen (secondary N) is 1. The van der Waals surface area contributed by atoms with Gasteiger partial charge in [0.05, 0.1) is 14.2 Å². The Bertz CT molecular complexity index is 888. The second-order valence-corrected chi connectivity index (χ2v) is 8.10. The van der Waals surface area contributed by atoms with Crippen LogP contribution in [0.3, 0.4) is 0 Å². The smallest absolute Gasteiger partial charge is 0.194 e. The van der Waals surface area contributed by atoms with E-state index in [0.29, 0.717) is 6.54 Å². The third kappa shape index (κ3) is 6.12. The summed E-state index contributed by atoms with van der Waals surface area (Å²) in [5.74, 6) is 4.28. The van der Waals surface area contributed by atoms with E-state index in [1.54, 1.807) is 14.2 Å². The number of unbranched alkanes of at least 4 members (excludes halogenated alkanes) is 1. The van der Waals surface area contributed by atoms with Gasteiger partial charge in [0.25, 0.3) is 0 Å². The average molecular weight is 444 g/mol. The van der Waals surface area contributed by atoms with Gasteiger partial charge >= 0.3 is 0 Å². The second-order valence-electron chi connectivity index (χ2n) is 8.10. The SMILES string of the molecule is CCCCNC(=NCc1nnc(C)n1C)N1CCN(Cc2ccc(OC)c(OC)c2)CC1. The Morgan fingerprint density at radius 3 is 2.47 bits per heavy atom. The quantitative estimate of drug-likeness (QED) is 0.362. The molecule has 0 saturated carbocycles. The van der Waals surface area contributed by atoms with Gasteiger partial charge in [-0.25, -0.2) is 4.99 Å². The fourth-order valence-corrected chi connectivity index (χ4v) is 3.73. The Hall–Kier alpha value is -2.81. The summed E-state index contributed by atoms with van der Waals surface area (Å²) >= 11 is 0. The lowest BCUT2D eigenvalue weighted by Gasteiger charge is -2.36. The highest BCUT2D eigenvalue weighted by atomic mass is 16.5. The van der Waals surface area contributed by atoms with Gasteiger partial charge in [0.1, 0.15) is 12.4 Å². The average Bonchev–Trinajstić information content (AvgIpc) is 3.14. The van der Waals surface area contributed by atoms with Gasteiger partial charge in [-0.05, 0) is 31.0 Å². The van der Waals surface area contributed by atoms with Crippen LogP contribution in [-0.2, 0) is 20.1 Å². The largest absolute Gasteiger partial charge is 0.493 e. The zero-order chi connectivity index (χ0) is 22.9. The molecular formula is C23H37N7O2. The Morgan fingerprint density at radius 2 is 1.84 bits per heavy atom. The Kier molecular flexibility index (Phi) is 8.72. The predicted octanol–water partition coefficient (Wildman–Crippen LogP) is 2.20. The van der Waals surface area contributed by atoms with E-state index < -0.39 is 0 Å². The first kappa shape index (κ1) is 23.8. The Balaban J connectivity index is 1.60. The highest BCUT2D eigenvalue weighted by Crippen LogP contribution is 2.28. The molecule has 1 aliphatic rings. The van der Waals surface area contributed by atoms with Crippen LogP contribution in [0.15, 0.2) is 23.2 Å². The number of hydrogen-bond acceptors (Lipinski definition) is 6. The first-order valence-corrected chi connectivity index (χ1v) is 11.4. The molecule has 32 heavy (non-hydrogen) atoms. The van der Waals surface area contributed by atoms with E-state index in [0.717, 1.165) is 81.2 Å². The first-order chi connectivity index (χ1) is 15.5. The monoisotopic (exact) mass is 443 g/mol. The van der Waals surface area contributed by atoms with E-state index in [9.17, 15) is 0 Å². The first-order valence-electron chi connectivity index (χ1n) is 11.4. The Labute approximate surface area is 191 Å². The van der Waals surface area contributed by atoms with Gasteiger partial charge in [-0.2, -0.15) is 0 Å². The highest BCUT2D eigenvalue weighted by Gasteiger charge is 2.20. The van der Waals surface area contributed by atoms with Crippen LogP contribution < -0.4 is 14.8 Å². The molecule has 3 rings (SSSR count). The minimum Gasteiger partial charge on any atom is -0.493 e. The molecule has 0 unspecified atom stereocenters. The van der Waals surface area contributed by atoms with E-state index in [-0.39, 0.29) is 0 Å². The molecule has 0 spiro atoms. The van der Waals surface area contributed by atoms with Crippen LogP contribution in [0.5, 0.6) is 11.5 Å². The number of ether oxygens (including phenoxy) is 2. The minimum atomic E-state index is 0.525. The lowest BCUT2D eigenvalue weighted by Crippen LogP contribution is -2.52. The lowest BCUT2D eigenvalue weighted by molar-refractivity contribution is 0.172. The number of methoxy groups -OCH3 is 2.